The number of nitrogens with two attached hydrogens (primary N) is 1. The van der Waals surface area contributed by atoms with E-state index in [9.17, 15) is 97.6 Å². The first kappa shape index (κ1) is 91.9. The van der Waals surface area contributed by atoms with Gasteiger partial charge in [-0.15, -0.1) is 0 Å². The fourth-order valence-corrected chi connectivity index (χ4v) is 13.8. The van der Waals surface area contributed by atoms with Gasteiger partial charge in [-0.1, -0.05) is 6.92 Å². The highest BCUT2D eigenvalue weighted by atomic mass is 32.3. The van der Waals surface area contributed by atoms with Crippen LogP contribution in [-0.4, -0.2) is 382 Å². The first-order chi connectivity index (χ1) is 48.6. The number of rotatable bonds is 47. The first-order valence-electron chi connectivity index (χ1n) is 30.1. The molecule has 5 heterocycles. The third kappa shape index (κ3) is 27.3. The van der Waals surface area contributed by atoms with E-state index in [4.69, 9.17) is 118 Å². The Morgan fingerprint density at radius 3 is 1.25 bits per heavy atom. The summed E-state index contributed by atoms with van der Waals surface area (Å²) in [5, 5.41) is 21.1. The molecule has 56 heteroatoms. The van der Waals surface area contributed by atoms with E-state index < -0.39 is 261 Å². The summed E-state index contributed by atoms with van der Waals surface area (Å²) in [5.74, 6) is -3.71. The summed E-state index contributed by atoms with van der Waals surface area (Å²) in [5.41, 5.74) is 2.47. The van der Waals surface area contributed by atoms with Crippen LogP contribution in [0.2, 0.25) is 0 Å². The lowest BCUT2D eigenvalue weighted by Gasteiger charge is -2.53. The Bertz CT molecular complexity index is 3360. The molecule has 0 aromatic rings. The summed E-state index contributed by atoms with van der Waals surface area (Å²) in [6.45, 7) is -4.24. The second kappa shape index (κ2) is 41.0. The van der Waals surface area contributed by atoms with Crippen molar-refractivity contribution < 1.29 is 222 Å². The molecular weight excluding hydrogens is 1570 g/mol. The molecule has 5 aliphatic heterocycles. The third-order valence-corrected chi connectivity index (χ3v) is 18.2. The maximum atomic E-state index is 14.0. The van der Waals surface area contributed by atoms with E-state index in [0.717, 1.165) is 49.8 Å². The van der Waals surface area contributed by atoms with Crippen molar-refractivity contribution in [2.45, 2.75) is 160 Å². The van der Waals surface area contributed by atoms with Crippen LogP contribution in [0.3, 0.4) is 0 Å². The van der Waals surface area contributed by atoms with Gasteiger partial charge < -0.3 is 115 Å². The Morgan fingerprint density at radius 1 is 0.413 bits per heavy atom. The average Bonchev–Trinajstić information content (AvgIpc) is 0.743. The number of methoxy groups -OCH3 is 7. The van der Waals surface area contributed by atoms with E-state index in [1.807, 2.05) is 0 Å². The summed E-state index contributed by atoms with van der Waals surface area (Å²) in [6.07, 6.45) is -49.4. The van der Waals surface area contributed by atoms with Gasteiger partial charge in [-0.3, -0.25) is 27.3 Å². The molecular formula is C48H85NO49S6. The second-order valence-corrected chi connectivity index (χ2v) is 28.4. The summed E-state index contributed by atoms with van der Waals surface area (Å²) < 4.78 is 357. The Balaban J connectivity index is 1.56. The van der Waals surface area contributed by atoms with Gasteiger partial charge in [0.2, 0.25) is 0 Å². The van der Waals surface area contributed by atoms with Crippen molar-refractivity contribution in [3.05, 3.63) is 0 Å². The highest BCUT2D eigenvalue weighted by Gasteiger charge is 2.65. The van der Waals surface area contributed by atoms with Gasteiger partial charge in [0.05, 0.1) is 72.7 Å². The van der Waals surface area contributed by atoms with Gasteiger partial charge in [0.15, 0.2) is 49.3 Å². The fourth-order valence-electron chi connectivity index (χ4n) is 11.4. The van der Waals surface area contributed by atoms with E-state index in [0.29, 0.717) is 13.2 Å². The van der Waals surface area contributed by atoms with Crippen LogP contribution in [0.5, 0.6) is 0 Å². The van der Waals surface area contributed by atoms with Crippen LogP contribution in [0.15, 0.2) is 0 Å². The van der Waals surface area contributed by atoms with Gasteiger partial charge in [-0.2, -0.15) is 50.5 Å². The SMILES string of the molecule is CCC1(C(=O)O)OC(OC2C(COS(=O)(=O)O)OC(OC3COC(OC4C(COS(=O)(=O)O)OC(OC)C(OS(=O)(=O)O)C4OC)[C@H](OCC(=O)O)C3OC)C(OS(=O)(=O)O)C2OS(=O)(=O)O)C(OC)C(OC)C1OC1OC(COS(=O)(=O)O)C(OCCOCCOCCOCCN)C(OC)C1OC. The highest BCUT2D eigenvalue weighted by Crippen LogP contribution is 2.44. The molecule has 0 spiro atoms. The lowest BCUT2D eigenvalue weighted by Crippen LogP contribution is -2.72. The average molecular weight is 1650 g/mol. The number of carboxylic acid groups (broad SMARTS) is 2. The van der Waals surface area contributed by atoms with Gasteiger partial charge in [0.1, 0.15) is 104 Å². The van der Waals surface area contributed by atoms with Crippen molar-refractivity contribution in [2.75, 3.05) is 136 Å². The Morgan fingerprint density at radius 2 is 0.817 bits per heavy atom. The highest BCUT2D eigenvalue weighted by molar-refractivity contribution is 7.82. The lowest BCUT2D eigenvalue weighted by atomic mass is 9.83. The van der Waals surface area contributed by atoms with E-state index in [2.05, 4.69) is 12.5 Å². The van der Waals surface area contributed by atoms with Crippen LogP contribution < -0.4 is 5.73 Å². The maximum absolute atomic E-state index is 14.0. The van der Waals surface area contributed by atoms with Crippen molar-refractivity contribution in [3.8, 4) is 0 Å². The smallest absolute Gasteiger partial charge is 0.397 e. The minimum absolute atomic E-state index is 0.0652. The van der Waals surface area contributed by atoms with Crippen molar-refractivity contribution in [1.29, 1.82) is 0 Å². The zero-order chi connectivity index (χ0) is 77.9. The molecule has 5 saturated heterocycles. The molecule has 0 bridgehead atoms. The van der Waals surface area contributed by atoms with Crippen molar-refractivity contribution in [3.63, 3.8) is 0 Å². The van der Waals surface area contributed by atoms with Crippen molar-refractivity contribution >= 4 is 74.3 Å². The van der Waals surface area contributed by atoms with E-state index in [1.165, 1.54) is 6.92 Å². The van der Waals surface area contributed by atoms with Crippen LogP contribution in [0.1, 0.15) is 13.3 Å². The molecule has 50 nitrogen and oxygen atoms in total. The molecule has 10 N–H and O–H groups in total. The van der Waals surface area contributed by atoms with Gasteiger partial charge in [-0.25, -0.2) is 34.7 Å². The molecule has 0 radical (unpaired) electrons. The summed E-state index contributed by atoms with van der Waals surface area (Å²) in [7, 11) is -27.2. The molecule has 0 aromatic heterocycles. The minimum atomic E-state index is -6.13. The van der Waals surface area contributed by atoms with Crippen LogP contribution in [0, 0.1) is 0 Å². The molecule has 104 heavy (non-hydrogen) atoms. The normalized spacial score (nSPS) is 35.0. The fraction of sp³-hybridized carbons (Fsp3) is 0.958. The molecule has 0 saturated carbocycles. The first-order valence-corrected chi connectivity index (χ1v) is 38.3. The van der Waals surface area contributed by atoms with Gasteiger partial charge >= 0.3 is 74.3 Å². The van der Waals surface area contributed by atoms with Crippen LogP contribution >= 0.6 is 0 Å². The van der Waals surface area contributed by atoms with Crippen molar-refractivity contribution in [2.24, 2.45) is 5.73 Å². The number of carboxylic acids is 2. The topological polar surface area (TPSA) is 676 Å². The molecule has 5 rings (SSSR count). The molecule has 23 unspecified atom stereocenters. The number of ether oxygens (including phenoxy) is 21. The Hall–Kier alpha value is -2.72. The van der Waals surface area contributed by atoms with E-state index in [1.54, 1.807) is 0 Å². The summed E-state index contributed by atoms with van der Waals surface area (Å²) >= 11 is 0. The largest absolute Gasteiger partial charge is 0.480 e. The monoisotopic (exact) mass is 1650 g/mol. The predicted molar refractivity (Wildman–Crippen MR) is 323 cm³/mol. The van der Waals surface area contributed by atoms with E-state index in [-0.39, 0.29) is 39.6 Å². The minimum Gasteiger partial charge on any atom is -0.480 e. The van der Waals surface area contributed by atoms with Crippen LogP contribution in [0.25, 0.3) is 0 Å². The lowest BCUT2D eigenvalue weighted by molar-refractivity contribution is -0.399. The third-order valence-electron chi connectivity index (χ3n) is 15.5. The zero-order valence-corrected chi connectivity index (χ0v) is 60.9. The summed E-state index contributed by atoms with van der Waals surface area (Å²) in [6, 6.07) is 0. The molecule has 612 valence electrons. The predicted octanol–water partition coefficient (Wildman–Crippen LogP) is -6.73. The van der Waals surface area contributed by atoms with Crippen LogP contribution in [0.4, 0.5) is 0 Å². The van der Waals surface area contributed by atoms with Crippen LogP contribution in [-0.2, 0) is 197 Å². The molecule has 0 amide bonds. The van der Waals surface area contributed by atoms with Gasteiger partial charge in [0, 0.05) is 56.3 Å². The number of carbonyl (C=O) groups is 2. The quantitative estimate of drug-likeness (QED) is 0.0202. The van der Waals surface area contributed by atoms with Gasteiger partial charge in [0.25, 0.3) is 0 Å². The molecule has 5 aliphatic rings. The number of hydrogen-bond donors (Lipinski definition) is 9. The number of aliphatic carboxylic acids is 2. The molecule has 24 atom stereocenters. The molecule has 0 aliphatic carbocycles. The van der Waals surface area contributed by atoms with Gasteiger partial charge in [-0.05, 0) is 6.42 Å². The number of hydrogen-bond acceptors (Lipinski definition) is 42. The Kier molecular flexibility index (Phi) is 36.2. The maximum Gasteiger partial charge on any atom is 0.397 e. The van der Waals surface area contributed by atoms with Crippen molar-refractivity contribution in [1.82, 2.24) is 0 Å². The molecule has 5 fully saturated rings. The standard InChI is InChI=1S/C48H85NO49S6/c1-9-48(47(52)53)41(94-44-36(76-6)32(73-3)29(24(90-44)19-85-99(54,55)56)82-17-16-81-15-14-80-13-12-79-11-10-49)35(75-5)37(77-7)46(95-48)93-31-26(21-87-101(60,61)62)91-45(40(98-104(69,70)71)34(31)96-102(63,64)65)89-23-18-84-43(38(28(23)72-2)83-22-27(50)51)92-30-25(20-86-100(57,58)59)88-42(78-8)39(33(30)74-4)97-103(66,67)68/h23-26,28-46H,9-22,49H2,1-8H3,(H,50,51)(H,52,53)(H,54,55,56)(H,57,58,59)(H,60,61,62)(H,63,64,65)(H,66,67,68)(H,69,70,71)/t23?,24?,25?,26?,28?,29?,30?,31?,32?,33?,34?,35?,36?,37?,38-,39?,40?,41?,42?,43?,44?,45?,46?,48?/m1/s1. The Labute approximate surface area is 595 Å². The zero-order valence-electron chi connectivity index (χ0n) is 56.0. The molecule has 0 aromatic carbocycles. The summed E-state index contributed by atoms with van der Waals surface area (Å²) in [4.78, 5) is 26.1. The van der Waals surface area contributed by atoms with E-state index >= 15 is 0 Å². The second-order valence-electron chi connectivity index (χ2n) is 22.0.